The Labute approximate surface area is 150 Å². The van der Waals surface area contributed by atoms with Crippen molar-refractivity contribution in [2.24, 2.45) is 0 Å². The number of hydrogen-bond acceptors (Lipinski definition) is 4. The maximum atomic E-state index is 13.9. The van der Waals surface area contributed by atoms with Crippen LogP contribution in [0.4, 0.5) is 17.6 Å². The highest BCUT2D eigenvalue weighted by atomic mass is 19.4. The van der Waals surface area contributed by atoms with Gasteiger partial charge in [0.15, 0.2) is 11.4 Å². The van der Waals surface area contributed by atoms with E-state index in [1.807, 2.05) is 5.32 Å². The number of amides is 1. The molecule has 1 unspecified atom stereocenters. The minimum atomic E-state index is -5.10. The Hall–Kier alpha value is -3.24. The summed E-state index contributed by atoms with van der Waals surface area (Å²) in [6.45, 7) is 1.61. The summed E-state index contributed by atoms with van der Waals surface area (Å²) in [5.41, 5.74) is -3.32. The zero-order chi connectivity index (χ0) is 20.2. The van der Waals surface area contributed by atoms with E-state index in [0.29, 0.717) is 0 Å². The number of carboxylic acids is 1. The number of aromatic nitrogens is 3. The van der Waals surface area contributed by atoms with Crippen molar-refractivity contribution < 1.29 is 32.3 Å². The molecule has 1 aromatic carbocycles. The molecule has 1 aromatic heterocycles. The first-order chi connectivity index (χ1) is 12.7. The third-order valence-corrected chi connectivity index (χ3v) is 3.45. The molecule has 0 bridgehead atoms. The molecule has 144 valence electrons. The average Bonchev–Trinajstić information content (AvgIpc) is 3.04. The minimum Gasteiger partial charge on any atom is -0.480 e. The second kappa shape index (κ2) is 7.98. The van der Waals surface area contributed by atoms with E-state index < -0.39 is 47.0 Å². The Morgan fingerprint density at radius 2 is 2.00 bits per heavy atom. The number of halogens is 4. The van der Waals surface area contributed by atoms with Gasteiger partial charge in [0.2, 0.25) is 0 Å². The molecule has 1 heterocycles. The van der Waals surface area contributed by atoms with Gasteiger partial charge in [0.05, 0.1) is 0 Å². The van der Waals surface area contributed by atoms with Gasteiger partial charge >= 0.3 is 12.1 Å². The second-order valence-corrected chi connectivity index (χ2v) is 5.32. The van der Waals surface area contributed by atoms with Gasteiger partial charge in [0.25, 0.3) is 5.91 Å². The number of benzene rings is 1. The lowest BCUT2D eigenvalue weighted by Crippen LogP contribution is -2.41. The van der Waals surface area contributed by atoms with Crippen molar-refractivity contribution in [3.8, 4) is 5.69 Å². The highest BCUT2D eigenvalue weighted by molar-refractivity contribution is 5.96. The summed E-state index contributed by atoms with van der Waals surface area (Å²) >= 11 is 0. The Morgan fingerprint density at radius 3 is 2.56 bits per heavy atom. The lowest BCUT2D eigenvalue weighted by molar-refractivity contribution is -0.143. The fourth-order valence-electron chi connectivity index (χ4n) is 2.20. The van der Waals surface area contributed by atoms with Gasteiger partial charge in [0, 0.05) is 0 Å². The summed E-state index contributed by atoms with van der Waals surface area (Å²) in [6.07, 6.45) is -2.28. The topological polar surface area (TPSA) is 97.1 Å². The average molecular weight is 386 g/mol. The summed E-state index contributed by atoms with van der Waals surface area (Å²) in [4.78, 5) is 23.4. The first kappa shape index (κ1) is 20.1. The van der Waals surface area contributed by atoms with E-state index in [2.05, 4.69) is 10.3 Å². The number of aliphatic carboxylic acids is 1. The van der Waals surface area contributed by atoms with Crippen LogP contribution in [0.3, 0.4) is 0 Å². The molecule has 1 atom stereocenters. The Bertz CT molecular complexity index is 877. The predicted molar refractivity (Wildman–Crippen MR) is 84.6 cm³/mol. The van der Waals surface area contributed by atoms with Gasteiger partial charge in [-0.2, -0.15) is 13.2 Å². The third-order valence-electron chi connectivity index (χ3n) is 3.45. The van der Waals surface area contributed by atoms with Crippen molar-refractivity contribution in [3.05, 3.63) is 53.6 Å². The van der Waals surface area contributed by atoms with E-state index in [-0.39, 0.29) is 11.1 Å². The molecule has 2 rings (SSSR count). The molecule has 2 aromatic rings. The van der Waals surface area contributed by atoms with Crippen LogP contribution in [0.5, 0.6) is 0 Å². The number of rotatable bonds is 6. The molecular formula is C16H14F4N4O3. The van der Waals surface area contributed by atoms with Gasteiger partial charge in [-0.15, -0.1) is 5.10 Å². The summed E-state index contributed by atoms with van der Waals surface area (Å²) < 4.78 is 54.5. The monoisotopic (exact) mass is 386 g/mol. The van der Waals surface area contributed by atoms with E-state index in [1.54, 1.807) is 6.92 Å². The molecular weight excluding hydrogens is 372 g/mol. The van der Waals surface area contributed by atoms with Crippen molar-refractivity contribution in [1.29, 1.82) is 0 Å². The summed E-state index contributed by atoms with van der Waals surface area (Å²) in [5.74, 6) is -3.82. The van der Waals surface area contributed by atoms with Crippen LogP contribution < -0.4 is 5.32 Å². The number of alkyl halides is 3. The third kappa shape index (κ3) is 4.49. The highest BCUT2D eigenvalue weighted by Crippen LogP contribution is 2.33. The summed E-state index contributed by atoms with van der Waals surface area (Å²) in [5, 5.41) is 17.5. The number of nitrogens with zero attached hydrogens (tertiary/aromatic N) is 3. The number of carbonyl (C=O) groups excluding carboxylic acids is 1. The van der Waals surface area contributed by atoms with Crippen molar-refractivity contribution in [3.63, 3.8) is 0 Å². The van der Waals surface area contributed by atoms with Gasteiger partial charge in [-0.3, -0.25) is 4.79 Å². The number of para-hydroxylation sites is 1. The lowest BCUT2D eigenvalue weighted by Gasteiger charge is -2.14. The minimum absolute atomic E-state index is 0.139. The van der Waals surface area contributed by atoms with Crippen molar-refractivity contribution in [2.75, 3.05) is 0 Å². The van der Waals surface area contributed by atoms with Crippen LogP contribution in [0.2, 0.25) is 0 Å². The summed E-state index contributed by atoms with van der Waals surface area (Å²) in [7, 11) is 0. The molecule has 0 saturated heterocycles. The first-order valence-electron chi connectivity index (χ1n) is 7.59. The number of nitrogens with one attached hydrogen (secondary N) is 1. The number of carbonyl (C=O) groups is 2. The van der Waals surface area contributed by atoms with Crippen LogP contribution in [-0.4, -0.2) is 38.0 Å². The molecule has 0 aliphatic heterocycles. The number of allylic oxidation sites excluding steroid dienone is 1. The van der Waals surface area contributed by atoms with Crippen LogP contribution in [0.25, 0.3) is 5.69 Å². The molecule has 11 heteroatoms. The maximum Gasteiger partial charge on any atom is 0.435 e. The van der Waals surface area contributed by atoms with Crippen LogP contribution >= 0.6 is 0 Å². The van der Waals surface area contributed by atoms with Gasteiger partial charge in [-0.1, -0.05) is 29.5 Å². The maximum absolute atomic E-state index is 13.9. The predicted octanol–water partition coefficient (Wildman–Crippen LogP) is 2.57. The fraction of sp³-hybridized carbons (Fsp3) is 0.250. The largest absolute Gasteiger partial charge is 0.480 e. The lowest BCUT2D eigenvalue weighted by atomic mass is 10.2. The normalized spacial score (nSPS) is 12.9. The molecule has 0 fully saturated rings. The second-order valence-electron chi connectivity index (χ2n) is 5.32. The molecule has 0 saturated carbocycles. The smallest absolute Gasteiger partial charge is 0.435 e. The first-order valence-corrected chi connectivity index (χ1v) is 7.59. The highest BCUT2D eigenvalue weighted by Gasteiger charge is 2.42. The van der Waals surface area contributed by atoms with Crippen molar-refractivity contribution in [2.45, 2.75) is 25.6 Å². The van der Waals surface area contributed by atoms with Gasteiger partial charge in [-0.05, 0) is 25.5 Å². The quantitative estimate of drug-likeness (QED) is 0.588. The van der Waals surface area contributed by atoms with Gasteiger partial charge in [-0.25, -0.2) is 13.9 Å². The zero-order valence-corrected chi connectivity index (χ0v) is 13.9. The molecule has 0 aliphatic rings. The number of carboxylic acid groups (broad SMARTS) is 1. The van der Waals surface area contributed by atoms with Crippen molar-refractivity contribution in [1.82, 2.24) is 20.3 Å². The van der Waals surface area contributed by atoms with Gasteiger partial charge < -0.3 is 10.4 Å². The SMILES string of the molecule is C/C=C/CC(NC(=O)c1nnn(-c2ccccc2F)c1C(F)(F)F)C(=O)O. The number of hydrogen-bond donors (Lipinski definition) is 2. The molecule has 7 nitrogen and oxygen atoms in total. The van der Waals surface area contributed by atoms with Gasteiger partial charge in [0.1, 0.15) is 17.5 Å². The van der Waals surface area contributed by atoms with E-state index in [0.717, 1.165) is 12.1 Å². The van der Waals surface area contributed by atoms with Crippen LogP contribution in [0.15, 0.2) is 36.4 Å². The van der Waals surface area contributed by atoms with E-state index in [1.165, 1.54) is 24.3 Å². The van der Waals surface area contributed by atoms with Crippen LogP contribution in [0.1, 0.15) is 29.5 Å². The zero-order valence-electron chi connectivity index (χ0n) is 13.9. The Balaban J connectivity index is 2.47. The van der Waals surface area contributed by atoms with Crippen molar-refractivity contribution >= 4 is 11.9 Å². The standard InChI is InChI=1S/C16H14F4N4O3/c1-2-3-7-10(15(26)27)21-14(25)12-13(16(18,19)20)24(23-22-12)11-8-5-4-6-9(11)17/h2-6,8,10H,7H2,1H3,(H,21,25)(H,26,27)/b3-2+. The van der Waals surface area contributed by atoms with Crippen LogP contribution in [-0.2, 0) is 11.0 Å². The van der Waals surface area contributed by atoms with Crippen LogP contribution in [0, 0.1) is 5.82 Å². The Morgan fingerprint density at radius 1 is 1.33 bits per heavy atom. The molecule has 1 amide bonds. The molecule has 0 aliphatic carbocycles. The Kier molecular flexibility index (Phi) is 5.93. The summed E-state index contributed by atoms with van der Waals surface area (Å²) in [6, 6.07) is 3.06. The molecule has 27 heavy (non-hydrogen) atoms. The van der Waals surface area contributed by atoms with E-state index >= 15 is 0 Å². The molecule has 0 radical (unpaired) electrons. The molecule has 2 N–H and O–H groups in total. The molecule has 0 spiro atoms. The van der Waals surface area contributed by atoms with E-state index in [9.17, 15) is 27.2 Å². The van der Waals surface area contributed by atoms with E-state index in [4.69, 9.17) is 5.11 Å². The fourth-order valence-corrected chi connectivity index (χ4v) is 2.20.